The van der Waals surface area contributed by atoms with E-state index in [2.05, 4.69) is 13.8 Å². The summed E-state index contributed by atoms with van der Waals surface area (Å²) >= 11 is 5.97. The number of ether oxygens (including phenoxy) is 2. The summed E-state index contributed by atoms with van der Waals surface area (Å²) in [5.41, 5.74) is 6.31. The topological polar surface area (TPSA) is 44.5 Å². The monoisotopic (exact) mass is 257 g/mol. The molecule has 0 radical (unpaired) electrons. The van der Waals surface area contributed by atoms with Crippen molar-refractivity contribution >= 4 is 17.3 Å². The molecule has 4 heteroatoms. The maximum absolute atomic E-state index is 5.97. The van der Waals surface area contributed by atoms with Gasteiger partial charge >= 0.3 is 0 Å². The number of benzene rings is 1. The van der Waals surface area contributed by atoms with Crippen molar-refractivity contribution in [3.63, 3.8) is 0 Å². The van der Waals surface area contributed by atoms with Crippen molar-refractivity contribution in [1.29, 1.82) is 0 Å². The molecule has 1 rings (SSSR count). The SMILES string of the molecule is CC(C)CCOCCOc1c(N)cccc1Cl. The fourth-order valence-electron chi connectivity index (χ4n) is 1.30. The minimum atomic E-state index is 0.464. The molecule has 1 aromatic carbocycles. The van der Waals surface area contributed by atoms with E-state index >= 15 is 0 Å². The van der Waals surface area contributed by atoms with Gasteiger partial charge in [0.2, 0.25) is 0 Å². The molecule has 0 bridgehead atoms. The van der Waals surface area contributed by atoms with E-state index in [0.29, 0.717) is 35.6 Å². The molecule has 0 heterocycles. The van der Waals surface area contributed by atoms with E-state index in [-0.39, 0.29) is 0 Å². The van der Waals surface area contributed by atoms with Crippen LogP contribution in [0.3, 0.4) is 0 Å². The Kier molecular flexibility index (Phi) is 6.16. The lowest BCUT2D eigenvalue weighted by Gasteiger charge is -2.11. The van der Waals surface area contributed by atoms with Crippen LogP contribution < -0.4 is 10.5 Å². The summed E-state index contributed by atoms with van der Waals surface area (Å²) in [6.45, 7) is 6.12. The highest BCUT2D eigenvalue weighted by atomic mass is 35.5. The number of anilines is 1. The third-order valence-corrected chi connectivity index (χ3v) is 2.61. The number of rotatable bonds is 7. The van der Waals surface area contributed by atoms with Gasteiger partial charge in [0, 0.05) is 6.61 Å². The van der Waals surface area contributed by atoms with Gasteiger partial charge in [-0.3, -0.25) is 0 Å². The average molecular weight is 258 g/mol. The zero-order chi connectivity index (χ0) is 12.7. The van der Waals surface area contributed by atoms with Crippen LogP contribution in [0.4, 0.5) is 5.69 Å². The first-order valence-corrected chi connectivity index (χ1v) is 6.23. The second-order valence-electron chi connectivity index (χ2n) is 4.30. The third-order valence-electron chi connectivity index (χ3n) is 2.31. The van der Waals surface area contributed by atoms with Crippen molar-refractivity contribution in [3.05, 3.63) is 23.2 Å². The highest BCUT2D eigenvalue weighted by Crippen LogP contribution is 2.30. The largest absolute Gasteiger partial charge is 0.487 e. The van der Waals surface area contributed by atoms with Crippen LogP contribution in [0, 0.1) is 5.92 Å². The van der Waals surface area contributed by atoms with Gasteiger partial charge in [0.15, 0.2) is 5.75 Å². The predicted molar refractivity (Wildman–Crippen MR) is 71.6 cm³/mol. The molecular formula is C13H20ClNO2. The van der Waals surface area contributed by atoms with Crippen molar-refractivity contribution in [2.24, 2.45) is 5.92 Å². The van der Waals surface area contributed by atoms with Crippen LogP contribution in [0.2, 0.25) is 5.02 Å². The molecule has 3 nitrogen and oxygen atoms in total. The van der Waals surface area contributed by atoms with Crippen molar-refractivity contribution < 1.29 is 9.47 Å². The van der Waals surface area contributed by atoms with Crippen molar-refractivity contribution in [3.8, 4) is 5.75 Å². The summed E-state index contributed by atoms with van der Waals surface area (Å²) in [6.07, 6.45) is 1.06. The summed E-state index contributed by atoms with van der Waals surface area (Å²) in [6, 6.07) is 5.32. The minimum Gasteiger partial charge on any atom is -0.487 e. The highest BCUT2D eigenvalue weighted by molar-refractivity contribution is 6.32. The Morgan fingerprint density at radius 1 is 1.24 bits per heavy atom. The van der Waals surface area contributed by atoms with Crippen LogP contribution >= 0.6 is 11.6 Å². The van der Waals surface area contributed by atoms with E-state index in [1.165, 1.54) is 0 Å². The Bertz CT molecular complexity index is 322. The van der Waals surface area contributed by atoms with Crippen molar-refractivity contribution in [2.45, 2.75) is 20.3 Å². The van der Waals surface area contributed by atoms with E-state index in [1.54, 1.807) is 18.2 Å². The number of nitrogens with two attached hydrogens (primary N) is 1. The van der Waals surface area contributed by atoms with E-state index in [4.69, 9.17) is 26.8 Å². The Balaban J connectivity index is 2.22. The number of hydrogen-bond acceptors (Lipinski definition) is 3. The van der Waals surface area contributed by atoms with Crippen LogP contribution in [-0.4, -0.2) is 19.8 Å². The normalized spacial score (nSPS) is 10.8. The molecule has 1 aromatic rings. The first-order chi connectivity index (χ1) is 8.11. The van der Waals surface area contributed by atoms with E-state index in [1.807, 2.05) is 0 Å². The highest BCUT2D eigenvalue weighted by Gasteiger charge is 2.04. The number of nitrogen functional groups attached to an aromatic ring is 1. The van der Waals surface area contributed by atoms with Gasteiger partial charge in [0.05, 0.1) is 17.3 Å². The predicted octanol–water partition coefficient (Wildman–Crippen LogP) is 3.36. The van der Waals surface area contributed by atoms with Gasteiger partial charge in [0.25, 0.3) is 0 Å². The summed E-state index contributed by atoms with van der Waals surface area (Å²) in [5.74, 6) is 1.21. The fraction of sp³-hybridized carbons (Fsp3) is 0.538. The lowest BCUT2D eigenvalue weighted by Crippen LogP contribution is -2.09. The molecule has 0 spiro atoms. The second kappa shape index (κ2) is 7.41. The molecule has 96 valence electrons. The number of halogens is 1. The van der Waals surface area contributed by atoms with E-state index in [0.717, 1.165) is 13.0 Å². The molecule has 2 N–H and O–H groups in total. The molecule has 0 saturated heterocycles. The van der Waals surface area contributed by atoms with Gasteiger partial charge in [0.1, 0.15) is 6.61 Å². The van der Waals surface area contributed by atoms with E-state index < -0.39 is 0 Å². The van der Waals surface area contributed by atoms with E-state index in [9.17, 15) is 0 Å². The van der Waals surface area contributed by atoms with Crippen LogP contribution in [0.25, 0.3) is 0 Å². The van der Waals surface area contributed by atoms with Gasteiger partial charge in [-0.1, -0.05) is 31.5 Å². The zero-order valence-corrected chi connectivity index (χ0v) is 11.2. The molecule has 0 saturated carbocycles. The van der Waals surface area contributed by atoms with Gasteiger partial charge < -0.3 is 15.2 Å². The van der Waals surface area contributed by atoms with Crippen LogP contribution in [-0.2, 0) is 4.74 Å². The fourth-order valence-corrected chi connectivity index (χ4v) is 1.54. The van der Waals surface area contributed by atoms with Crippen molar-refractivity contribution in [1.82, 2.24) is 0 Å². The molecule has 0 aliphatic carbocycles. The molecule has 0 aliphatic rings. The van der Waals surface area contributed by atoms with Crippen molar-refractivity contribution in [2.75, 3.05) is 25.6 Å². The standard InChI is InChI=1S/C13H20ClNO2/c1-10(2)6-7-16-8-9-17-13-11(14)4-3-5-12(13)15/h3-5,10H,6-9,15H2,1-2H3. The van der Waals surface area contributed by atoms with Gasteiger partial charge in [-0.15, -0.1) is 0 Å². The maximum Gasteiger partial charge on any atom is 0.160 e. The smallest absolute Gasteiger partial charge is 0.160 e. The molecule has 0 unspecified atom stereocenters. The van der Waals surface area contributed by atoms with Gasteiger partial charge in [-0.25, -0.2) is 0 Å². The summed E-state index contributed by atoms with van der Waals surface area (Å²) < 4.78 is 10.9. The average Bonchev–Trinajstić information content (AvgIpc) is 2.26. The van der Waals surface area contributed by atoms with Crippen LogP contribution in [0.5, 0.6) is 5.75 Å². The van der Waals surface area contributed by atoms with Gasteiger partial charge in [-0.2, -0.15) is 0 Å². The summed E-state index contributed by atoms with van der Waals surface area (Å²) in [7, 11) is 0. The number of para-hydroxylation sites is 1. The second-order valence-corrected chi connectivity index (χ2v) is 4.71. The molecule has 0 aliphatic heterocycles. The molecule has 0 atom stereocenters. The zero-order valence-electron chi connectivity index (χ0n) is 10.4. The molecule has 0 amide bonds. The molecule has 0 fully saturated rings. The molecule has 0 aromatic heterocycles. The Morgan fingerprint density at radius 3 is 2.65 bits per heavy atom. The molecule has 17 heavy (non-hydrogen) atoms. The Morgan fingerprint density at radius 2 is 2.00 bits per heavy atom. The first-order valence-electron chi connectivity index (χ1n) is 5.85. The van der Waals surface area contributed by atoms with Crippen LogP contribution in [0.1, 0.15) is 20.3 Å². The van der Waals surface area contributed by atoms with Crippen LogP contribution in [0.15, 0.2) is 18.2 Å². The van der Waals surface area contributed by atoms with Gasteiger partial charge in [-0.05, 0) is 24.5 Å². The number of hydrogen-bond donors (Lipinski definition) is 1. The third kappa shape index (κ3) is 5.29. The first kappa shape index (κ1) is 14.1. The Hall–Kier alpha value is -0.930. The quantitative estimate of drug-likeness (QED) is 0.602. The maximum atomic E-state index is 5.97. The molecular weight excluding hydrogens is 238 g/mol. The Labute approximate surface area is 108 Å². The lowest BCUT2D eigenvalue weighted by molar-refractivity contribution is 0.0928. The lowest BCUT2D eigenvalue weighted by atomic mass is 10.1. The minimum absolute atomic E-state index is 0.464. The summed E-state index contributed by atoms with van der Waals surface area (Å²) in [4.78, 5) is 0. The summed E-state index contributed by atoms with van der Waals surface area (Å²) in [5, 5.41) is 0.534.